The van der Waals surface area contributed by atoms with Crippen molar-refractivity contribution in [3.05, 3.63) is 64.7 Å². The molecule has 21 heavy (non-hydrogen) atoms. The molecule has 0 radical (unpaired) electrons. The Morgan fingerprint density at radius 3 is 2.71 bits per heavy atom. The van der Waals surface area contributed by atoms with E-state index in [-0.39, 0.29) is 17.7 Å². The number of nitrogens with zero attached hydrogens (tertiary/aromatic N) is 1. The summed E-state index contributed by atoms with van der Waals surface area (Å²) in [6.07, 6.45) is 1.34. The first-order chi connectivity index (χ1) is 9.97. The van der Waals surface area contributed by atoms with Crippen molar-refractivity contribution in [1.82, 2.24) is 10.3 Å². The molecule has 0 fully saturated rings. The zero-order valence-electron chi connectivity index (χ0n) is 11.3. The number of hydrogen-bond donors (Lipinski definition) is 2. The van der Waals surface area contributed by atoms with Crippen LogP contribution in [0.3, 0.4) is 0 Å². The third kappa shape index (κ3) is 3.62. The van der Waals surface area contributed by atoms with Gasteiger partial charge in [0, 0.05) is 6.20 Å². The summed E-state index contributed by atoms with van der Waals surface area (Å²) in [6, 6.07) is 7.03. The molecule has 1 aromatic carbocycles. The number of pyridine rings is 1. The lowest BCUT2D eigenvalue weighted by atomic mass is 10.1. The number of aryl methyl sites for hydroxylation is 1. The van der Waals surface area contributed by atoms with Gasteiger partial charge in [0.15, 0.2) is 0 Å². The maximum Gasteiger partial charge on any atom is 0.335 e. The molecule has 5 nitrogen and oxygen atoms in total. The minimum Gasteiger partial charge on any atom is -0.478 e. The Bertz CT molecular complexity index is 701. The van der Waals surface area contributed by atoms with Gasteiger partial charge in [-0.25, -0.2) is 9.18 Å². The average Bonchev–Trinajstić information content (AvgIpc) is 2.45. The standard InChI is InChI=1S/C15H13FN2O3/c1-9-2-3-12(13(16)6-9)14(19)18-8-11-7-10(15(20)21)4-5-17-11/h2-7H,8H2,1H3,(H,18,19)(H,20,21). The Kier molecular flexibility index (Phi) is 4.27. The number of carbonyl (C=O) groups is 2. The summed E-state index contributed by atoms with van der Waals surface area (Å²) in [7, 11) is 0. The monoisotopic (exact) mass is 288 g/mol. The van der Waals surface area contributed by atoms with Gasteiger partial charge in [0.2, 0.25) is 0 Å². The van der Waals surface area contributed by atoms with Crippen molar-refractivity contribution >= 4 is 11.9 Å². The van der Waals surface area contributed by atoms with E-state index in [9.17, 15) is 14.0 Å². The second-order valence-electron chi connectivity index (χ2n) is 4.51. The predicted molar refractivity (Wildman–Crippen MR) is 73.5 cm³/mol. The molecule has 2 N–H and O–H groups in total. The van der Waals surface area contributed by atoms with Gasteiger partial charge in [0.1, 0.15) is 5.82 Å². The van der Waals surface area contributed by atoms with E-state index in [1.54, 1.807) is 13.0 Å². The summed E-state index contributed by atoms with van der Waals surface area (Å²) in [5.41, 5.74) is 1.13. The fraction of sp³-hybridized carbons (Fsp3) is 0.133. The van der Waals surface area contributed by atoms with Gasteiger partial charge < -0.3 is 10.4 Å². The van der Waals surface area contributed by atoms with Crippen LogP contribution in [0.1, 0.15) is 32.0 Å². The molecule has 0 bridgehead atoms. The normalized spacial score (nSPS) is 10.2. The van der Waals surface area contributed by atoms with Crippen LogP contribution in [-0.2, 0) is 6.54 Å². The summed E-state index contributed by atoms with van der Waals surface area (Å²) in [5.74, 6) is -2.25. The topological polar surface area (TPSA) is 79.3 Å². The Balaban J connectivity index is 2.07. The van der Waals surface area contributed by atoms with E-state index in [1.165, 1.54) is 30.5 Å². The highest BCUT2D eigenvalue weighted by Crippen LogP contribution is 2.10. The number of aromatic nitrogens is 1. The fourth-order valence-electron chi connectivity index (χ4n) is 1.78. The second-order valence-corrected chi connectivity index (χ2v) is 4.51. The summed E-state index contributed by atoms with van der Waals surface area (Å²) >= 11 is 0. The van der Waals surface area contributed by atoms with Crippen molar-refractivity contribution in [2.75, 3.05) is 0 Å². The number of hydrogen-bond acceptors (Lipinski definition) is 3. The first-order valence-electron chi connectivity index (χ1n) is 6.20. The molecule has 2 rings (SSSR count). The van der Waals surface area contributed by atoms with Gasteiger partial charge in [-0.05, 0) is 36.8 Å². The SMILES string of the molecule is Cc1ccc(C(=O)NCc2cc(C(=O)O)ccn2)c(F)c1. The summed E-state index contributed by atoms with van der Waals surface area (Å²) in [5, 5.41) is 11.4. The number of amides is 1. The van der Waals surface area contributed by atoms with Crippen molar-refractivity contribution in [3.8, 4) is 0 Å². The third-order valence-electron chi connectivity index (χ3n) is 2.86. The number of halogens is 1. The quantitative estimate of drug-likeness (QED) is 0.903. The molecule has 1 aromatic heterocycles. The van der Waals surface area contributed by atoms with Gasteiger partial charge in [-0.3, -0.25) is 9.78 Å². The number of rotatable bonds is 4. The van der Waals surface area contributed by atoms with Crippen LogP contribution >= 0.6 is 0 Å². The highest BCUT2D eigenvalue weighted by atomic mass is 19.1. The van der Waals surface area contributed by atoms with Crippen LogP contribution in [0.25, 0.3) is 0 Å². The minimum absolute atomic E-state index is 0.0211. The Morgan fingerprint density at radius 1 is 1.29 bits per heavy atom. The van der Waals surface area contributed by atoms with Crippen LogP contribution in [0, 0.1) is 12.7 Å². The van der Waals surface area contributed by atoms with E-state index in [1.807, 2.05) is 0 Å². The van der Waals surface area contributed by atoms with E-state index in [4.69, 9.17) is 5.11 Å². The van der Waals surface area contributed by atoms with Crippen LogP contribution in [0.4, 0.5) is 4.39 Å². The molecule has 0 atom stereocenters. The zero-order valence-corrected chi connectivity index (χ0v) is 11.3. The van der Waals surface area contributed by atoms with Crippen LogP contribution in [-0.4, -0.2) is 22.0 Å². The number of carboxylic acid groups (broad SMARTS) is 1. The Labute approximate surface area is 120 Å². The van der Waals surface area contributed by atoms with Crippen LogP contribution < -0.4 is 5.32 Å². The average molecular weight is 288 g/mol. The molecule has 6 heteroatoms. The van der Waals surface area contributed by atoms with Gasteiger partial charge >= 0.3 is 5.97 Å². The van der Waals surface area contributed by atoms with E-state index in [0.717, 1.165) is 5.56 Å². The summed E-state index contributed by atoms with van der Waals surface area (Å²) in [4.78, 5) is 26.7. The smallest absolute Gasteiger partial charge is 0.335 e. The summed E-state index contributed by atoms with van der Waals surface area (Å²) in [6.45, 7) is 1.75. The van der Waals surface area contributed by atoms with Gasteiger partial charge in [-0.1, -0.05) is 6.07 Å². The largest absolute Gasteiger partial charge is 0.478 e. The predicted octanol–water partition coefficient (Wildman–Crippen LogP) is 2.16. The maximum absolute atomic E-state index is 13.6. The van der Waals surface area contributed by atoms with E-state index in [2.05, 4.69) is 10.3 Å². The molecular formula is C15H13FN2O3. The molecule has 108 valence electrons. The molecule has 1 heterocycles. The van der Waals surface area contributed by atoms with Crippen molar-refractivity contribution in [2.24, 2.45) is 0 Å². The van der Waals surface area contributed by atoms with Crippen molar-refractivity contribution in [1.29, 1.82) is 0 Å². The van der Waals surface area contributed by atoms with Crippen molar-refractivity contribution in [2.45, 2.75) is 13.5 Å². The van der Waals surface area contributed by atoms with Gasteiger partial charge in [-0.15, -0.1) is 0 Å². The van der Waals surface area contributed by atoms with Crippen molar-refractivity contribution < 1.29 is 19.1 Å². The first kappa shape index (κ1) is 14.6. The minimum atomic E-state index is -1.07. The van der Waals surface area contributed by atoms with Gasteiger partial charge in [-0.2, -0.15) is 0 Å². The zero-order chi connectivity index (χ0) is 15.4. The molecule has 0 saturated carbocycles. The van der Waals surface area contributed by atoms with Crippen LogP contribution in [0.15, 0.2) is 36.5 Å². The van der Waals surface area contributed by atoms with Crippen LogP contribution in [0.5, 0.6) is 0 Å². The van der Waals surface area contributed by atoms with E-state index >= 15 is 0 Å². The molecule has 0 unspecified atom stereocenters. The molecule has 2 aromatic rings. The Hall–Kier alpha value is -2.76. The molecule has 1 amide bonds. The number of nitrogens with one attached hydrogen (secondary N) is 1. The highest BCUT2D eigenvalue weighted by molar-refractivity contribution is 5.94. The maximum atomic E-state index is 13.6. The molecular weight excluding hydrogens is 275 g/mol. The second kappa shape index (κ2) is 6.13. The molecule has 0 aliphatic carbocycles. The third-order valence-corrected chi connectivity index (χ3v) is 2.86. The van der Waals surface area contributed by atoms with Gasteiger partial charge in [0.25, 0.3) is 5.91 Å². The number of benzene rings is 1. The highest BCUT2D eigenvalue weighted by Gasteiger charge is 2.12. The fourth-order valence-corrected chi connectivity index (χ4v) is 1.78. The van der Waals surface area contributed by atoms with Crippen molar-refractivity contribution in [3.63, 3.8) is 0 Å². The Morgan fingerprint density at radius 2 is 2.05 bits per heavy atom. The van der Waals surface area contributed by atoms with E-state index in [0.29, 0.717) is 5.69 Å². The first-order valence-corrected chi connectivity index (χ1v) is 6.20. The lowest BCUT2D eigenvalue weighted by molar-refractivity contribution is 0.0696. The molecule has 0 aliphatic heterocycles. The lowest BCUT2D eigenvalue weighted by Crippen LogP contribution is -2.24. The number of carbonyl (C=O) groups excluding carboxylic acids is 1. The van der Waals surface area contributed by atoms with Gasteiger partial charge in [0.05, 0.1) is 23.4 Å². The lowest BCUT2D eigenvalue weighted by Gasteiger charge is -2.07. The summed E-state index contributed by atoms with van der Waals surface area (Å²) < 4.78 is 13.6. The van der Waals surface area contributed by atoms with Crippen LogP contribution in [0.2, 0.25) is 0 Å². The van der Waals surface area contributed by atoms with E-state index < -0.39 is 17.7 Å². The molecule has 0 saturated heterocycles. The number of carboxylic acids is 1. The molecule has 0 aliphatic rings. The molecule has 0 spiro atoms. The number of aromatic carboxylic acids is 1.